The molecule has 6 nitrogen and oxygen atoms in total. The third kappa shape index (κ3) is 5.60. The summed E-state index contributed by atoms with van der Waals surface area (Å²) in [6.45, 7) is 3.73. The van der Waals surface area contributed by atoms with Crippen LogP contribution in [0.1, 0.15) is 18.1 Å². The Kier molecular flexibility index (Phi) is 7.28. The van der Waals surface area contributed by atoms with Crippen molar-refractivity contribution in [2.24, 2.45) is 5.14 Å². The highest BCUT2D eigenvalue weighted by Crippen LogP contribution is 2.33. The molecule has 2 aromatic rings. The number of hydrogen-bond donors (Lipinski definition) is 2. The predicted octanol–water partition coefficient (Wildman–Crippen LogP) is 2.73. The van der Waals surface area contributed by atoms with Gasteiger partial charge < -0.3 is 14.8 Å². The zero-order chi connectivity index (χ0) is 19.2. The van der Waals surface area contributed by atoms with Crippen molar-refractivity contribution in [1.82, 2.24) is 5.32 Å². The zero-order valence-electron chi connectivity index (χ0n) is 14.8. The summed E-state index contributed by atoms with van der Waals surface area (Å²) in [6.07, 6.45) is 0.747. The van der Waals surface area contributed by atoms with Crippen LogP contribution in [0.3, 0.4) is 0 Å². The molecular formula is C18H23ClN2O4S. The van der Waals surface area contributed by atoms with Gasteiger partial charge in [0, 0.05) is 17.6 Å². The van der Waals surface area contributed by atoms with E-state index in [-0.39, 0.29) is 4.90 Å². The number of sulfonamides is 1. The first kappa shape index (κ1) is 20.5. The fourth-order valence-electron chi connectivity index (χ4n) is 2.44. The fourth-order valence-corrected chi connectivity index (χ4v) is 3.18. The van der Waals surface area contributed by atoms with E-state index in [9.17, 15) is 8.42 Å². The highest BCUT2D eigenvalue weighted by molar-refractivity contribution is 7.89. The molecule has 0 saturated carbocycles. The predicted molar refractivity (Wildman–Crippen MR) is 102 cm³/mol. The second-order valence-electron chi connectivity index (χ2n) is 5.64. The Morgan fingerprint density at radius 3 is 2.42 bits per heavy atom. The molecule has 0 saturated heterocycles. The van der Waals surface area contributed by atoms with Crippen LogP contribution < -0.4 is 19.9 Å². The van der Waals surface area contributed by atoms with Gasteiger partial charge in [-0.25, -0.2) is 13.6 Å². The molecule has 0 fully saturated rings. The molecule has 2 rings (SSSR count). The van der Waals surface area contributed by atoms with Crippen LogP contribution in [0.15, 0.2) is 41.3 Å². The lowest BCUT2D eigenvalue weighted by Crippen LogP contribution is -2.17. The highest BCUT2D eigenvalue weighted by atomic mass is 35.5. The van der Waals surface area contributed by atoms with E-state index in [1.54, 1.807) is 25.3 Å². The summed E-state index contributed by atoms with van der Waals surface area (Å²) in [5, 5.41) is 9.01. The van der Waals surface area contributed by atoms with Gasteiger partial charge in [-0.2, -0.15) is 0 Å². The minimum atomic E-state index is -3.65. The Balaban J connectivity index is 1.91. The summed E-state index contributed by atoms with van der Waals surface area (Å²) in [4.78, 5) is 0.113. The quantitative estimate of drug-likeness (QED) is 0.634. The Morgan fingerprint density at radius 2 is 1.85 bits per heavy atom. The Hall–Kier alpha value is -1.80. The van der Waals surface area contributed by atoms with Crippen LogP contribution in [0.25, 0.3) is 0 Å². The van der Waals surface area contributed by atoms with Gasteiger partial charge in [-0.05, 0) is 49.2 Å². The number of methoxy groups -OCH3 is 1. The molecule has 0 aromatic heterocycles. The van der Waals surface area contributed by atoms with Crippen molar-refractivity contribution >= 4 is 21.6 Å². The number of benzene rings is 2. The second-order valence-corrected chi connectivity index (χ2v) is 7.61. The molecule has 3 N–H and O–H groups in total. The number of nitrogens with one attached hydrogen (secondary N) is 1. The normalized spacial score (nSPS) is 11.4. The summed E-state index contributed by atoms with van der Waals surface area (Å²) in [5.74, 6) is 1.27. The molecule has 0 bridgehead atoms. The van der Waals surface area contributed by atoms with Crippen molar-refractivity contribution in [3.63, 3.8) is 0 Å². The molecule has 142 valence electrons. The van der Waals surface area contributed by atoms with Gasteiger partial charge in [0.25, 0.3) is 0 Å². The van der Waals surface area contributed by atoms with Gasteiger partial charge in [-0.1, -0.05) is 23.7 Å². The van der Waals surface area contributed by atoms with Gasteiger partial charge in [0.2, 0.25) is 10.0 Å². The molecular weight excluding hydrogens is 376 g/mol. The van der Waals surface area contributed by atoms with Crippen molar-refractivity contribution in [3.8, 4) is 11.5 Å². The van der Waals surface area contributed by atoms with Crippen molar-refractivity contribution < 1.29 is 17.9 Å². The van der Waals surface area contributed by atoms with E-state index >= 15 is 0 Å². The Labute approximate surface area is 159 Å². The number of ether oxygens (including phenoxy) is 2. The molecule has 0 atom stereocenters. The SMILES string of the molecule is CCOc1cc(Cl)c(CNCCc2ccc(S(N)(=O)=O)cc2)cc1OC. The molecule has 0 aliphatic heterocycles. The van der Waals surface area contributed by atoms with Crippen LogP contribution in [0.2, 0.25) is 5.02 Å². The fraction of sp³-hybridized carbons (Fsp3) is 0.333. The first-order valence-electron chi connectivity index (χ1n) is 8.16. The highest BCUT2D eigenvalue weighted by Gasteiger charge is 2.10. The van der Waals surface area contributed by atoms with E-state index in [2.05, 4.69) is 5.32 Å². The lowest BCUT2D eigenvalue weighted by atomic mass is 10.1. The average molecular weight is 399 g/mol. The maximum atomic E-state index is 11.2. The number of primary sulfonamides is 1. The lowest BCUT2D eigenvalue weighted by Gasteiger charge is -2.13. The van der Waals surface area contributed by atoms with E-state index in [0.717, 1.165) is 17.5 Å². The first-order chi connectivity index (χ1) is 12.3. The number of hydrogen-bond acceptors (Lipinski definition) is 5. The number of rotatable bonds is 9. The van der Waals surface area contributed by atoms with E-state index < -0.39 is 10.0 Å². The van der Waals surface area contributed by atoms with Gasteiger partial charge in [0.05, 0.1) is 18.6 Å². The summed E-state index contributed by atoms with van der Waals surface area (Å²) >= 11 is 6.31. The maximum absolute atomic E-state index is 11.2. The van der Waals surface area contributed by atoms with Crippen molar-refractivity contribution in [2.75, 3.05) is 20.3 Å². The molecule has 8 heteroatoms. The van der Waals surface area contributed by atoms with Crippen molar-refractivity contribution in [1.29, 1.82) is 0 Å². The summed E-state index contributed by atoms with van der Waals surface area (Å²) in [7, 11) is -2.06. The van der Waals surface area contributed by atoms with Crippen LogP contribution in [0, 0.1) is 0 Å². The molecule has 0 aliphatic rings. The average Bonchev–Trinajstić information content (AvgIpc) is 2.60. The lowest BCUT2D eigenvalue weighted by molar-refractivity contribution is 0.310. The van der Waals surface area contributed by atoms with Crippen LogP contribution in [-0.4, -0.2) is 28.7 Å². The van der Waals surface area contributed by atoms with Gasteiger partial charge in [-0.3, -0.25) is 0 Å². The molecule has 0 aliphatic carbocycles. The summed E-state index contributed by atoms with van der Waals surface area (Å²) in [6, 6.07) is 10.2. The molecule has 0 spiro atoms. The smallest absolute Gasteiger partial charge is 0.238 e. The van der Waals surface area contributed by atoms with E-state index in [0.29, 0.717) is 36.2 Å². The molecule has 0 radical (unpaired) electrons. The van der Waals surface area contributed by atoms with Crippen molar-refractivity contribution in [3.05, 3.63) is 52.5 Å². The third-order valence-electron chi connectivity index (χ3n) is 3.79. The minimum Gasteiger partial charge on any atom is -0.493 e. The second kappa shape index (κ2) is 9.23. The molecule has 0 heterocycles. The van der Waals surface area contributed by atoms with Crippen LogP contribution in [-0.2, 0) is 23.0 Å². The Bertz CT molecular complexity index is 839. The summed E-state index contributed by atoms with van der Waals surface area (Å²) in [5.41, 5.74) is 1.93. The third-order valence-corrected chi connectivity index (χ3v) is 5.07. The summed E-state index contributed by atoms with van der Waals surface area (Å²) < 4.78 is 33.3. The zero-order valence-corrected chi connectivity index (χ0v) is 16.4. The first-order valence-corrected chi connectivity index (χ1v) is 10.1. The van der Waals surface area contributed by atoms with Crippen LogP contribution in [0.5, 0.6) is 11.5 Å². The number of halogens is 1. The van der Waals surface area contributed by atoms with Gasteiger partial charge in [-0.15, -0.1) is 0 Å². The topological polar surface area (TPSA) is 90.6 Å². The molecule has 2 aromatic carbocycles. The van der Waals surface area contributed by atoms with E-state index in [4.69, 9.17) is 26.2 Å². The monoisotopic (exact) mass is 398 g/mol. The largest absolute Gasteiger partial charge is 0.493 e. The molecule has 0 amide bonds. The molecule has 0 unspecified atom stereocenters. The van der Waals surface area contributed by atoms with Gasteiger partial charge >= 0.3 is 0 Å². The van der Waals surface area contributed by atoms with Gasteiger partial charge in [0.15, 0.2) is 11.5 Å². The maximum Gasteiger partial charge on any atom is 0.238 e. The van der Waals surface area contributed by atoms with E-state index in [1.165, 1.54) is 12.1 Å². The Morgan fingerprint density at radius 1 is 1.15 bits per heavy atom. The number of nitrogens with two attached hydrogens (primary N) is 1. The van der Waals surface area contributed by atoms with E-state index in [1.807, 2.05) is 13.0 Å². The van der Waals surface area contributed by atoms with Crippen LogP contribution in [0.4, 0.5) is 0 Å². The molecule has 26 heavy (non-hydrogen) atoms. The van der Waals surface area contributed by atoms with Crippen molar-refractivity contribution in [2.45, 2.75) is 24.8 Å². The standard InChI is InChI=1S/C18H23ClN2O4S/c1-3-25-18-11-16(19)14(10-17(18)24-2)12-21-9-8-13-4-6-15(7-5-13)26(20,22)23/h4-7,10-11,21H,3,8-9,12H2,1-2H3,(H2,20,22,23). The van der Waals surface area contributed by atoms with Gasteiger partial charge in [0.1, 0.15) is 0 Å². The van der Waals surface area contributed by atoms with Crippen LogP contribution >= 0.6 is 11.6 Å². The minimum absolute atomic E-state index is 0.113.